The summed E-state index contributed by atoms with van der Waals surface area (Å²) in [5, 5.41) is 0.522. The minimum absolute atomic E-state index is 0.0908. The van der Waals surface area contributed by atoms with Crippen molar-refractivity contribution in [3.05, 3.63) is 41.2 Å². The molecule has 0 atom stereocenters. The maximum atomic E-state index is 12.3. The lowest BCUT2D eigenvalue weighted by Gasteiger charge is -2.15. The average Bonchev–Trinajstić information content (AvgIpc) is 2.87. The zero-order valence-electron chi connectivity index (χ0n) is 10.9. The molecule has 2 rings (SSSR count). The molecule has 0 aromatic carbocycles. The number of hydrogen-bond acceptors (Lipinski definition) is 4. The largest absolute Gasteiger partial charge is 0.447 e. The zero-order chi connectivity index (χ0) is 14.0. The Kier molecular flexibility index (Phi) is 3.85. The van der Waals surface area contributed by atoms with Gasteiger partial charge in [0.25, 0.3) is 5.91 Å². The molecular formula is C13H14ClN3O2. The number of carbonyl (C=O) groups excluding carboxylic acids is 1. The summed E-state index contributed by atoms with van der Waals surface area (Å²) in [6.07, 6.45) is 2.78. The maximum Gasteiger partial charge on any atom is 0.281 e. The highest BCUT2D eigenvalue weighted by atomic mass is 35.5. The summed E-state index contributed by atoms with van der Waals surface area (Å²) in [4.78, 5) is 21.9. The maximum absolute atomic E-state index is 12.3. The first-order valence-corrected chi connectivity index (χ1v) is 6.21. The number of rotatable bonds is 3. The van der Waals surface area contributed by atoms with Gasteiger partial charge in [0.1, 0.15) is 11.6 Å². The van der Waals surface area contributed by atoms with Crippen LogP contribution in [0.2, 0.25) is 5.02 Å². The first-order valence-electron chi connectivity index (χ1n) is 5.83. The van der Waals surface area contributed by atoms with E-state index in [0.29, 0.717) is 22.3 Å². The summed E-state index contributed by atoms with van der Waals surface area (Å²) < 4.78 is 5.25. The molecule has 0 fully saturated rings. The number of anilines is 1. The standard InChI is InChI=1S/C13H14ClN3O2/c1-8(2)12-11(16-7-19-12)13(18)17(3)10-5-4-9(14)6-15-10/h4-8H,1-3H3. The van der Waals surface area contributed by atoms with Gasteiger partial charge in [-0.2, -0.15) is 0 Å². The number of oxazole rings is 1. The molecule has 0 saturated heterocycles. The van der Waals surface area contributed by atoms with Crippen molar-refractivity contribution in [2.24, 2.45) is 0 Å². The van der Waals surface area contributed by atoms with Crippen LogP contribution < -0.4 is 4.90 Å². The third-order valence-electron chi connectivity index (χ3n) is 2.68. The van der Waals surface area contributed by atoms with Crippen molar-refractivity contribution in [1.29, 1.82) is 0 Å². The van der Waals surface area contributed by atoms with Gasteiger partial charge in [-0.25, -0.2) is 9.97 Å². The van der Waals surface area contributed by atoms with Crippen LogP contribution in [0.3, 0.4) is 0 Å². The van der Waals surface area contributed by atoms with Gasteiger partial charge < -0.3 is 4.42 Å². The molecule has 1 amide bonds. The summed E-state index contributed by atoms with van der Waals surface area (Å²) >= 11 is 5.77. The number of halogens is 1. The van der Waals surface area contributed by atoms with E-state index < -0.39 is 0 Å². The minimum Gasteiger partial charge on any atom is -0.447 e. The van der Waals surface area contributed by atoms with Gasteiger partial charge in [-0.1, -0.05) is 25.4 Å². The Balaban J connectivity index is 2.28. The van der Waals surface area contributed by atoms with Crippen molar-refractivity contribution in [3.63, 3.8) is 0 Å². The second-order valence-corrected chi connectivity index (χ2v) is 4.86. The highest BCUT2D eigenvalue weighted by Crippen LogP contribution is 2.21. The Hall–Kier alpha value is -1.88. The molecule has 2 aromatic heterocycles. The van der Waals surface area contributed by atoms with Gasteiger partial charge >= 0.3 is 0 Å². The van der Waals surface area contributed by atoms with Crippen LogP contribution in [0.15, 0.2) is 29.1 Å². The molecule has 0 radical (unpaired) electrons. The van der Waals surface area contributed by atoms with E-state index in [2.05, 4.69) is 9.97 Å². The van der Waals surface area contributed by atoms with Gasteiger partial charge in [-0.15, -0.1) is 0 Å². The number of pyridine rings is 1. The molecule has 0 bridgehead atoms. The SMILES string of the molecule is CC(C)c1ocnc1C(=O)N(C)c1ccc(Cl)cn1. The summed E-state index contributed by atoms with van der Waals surface area (Å²) in [5.74, 6) is 0.915. The molecule has 100 valence electrons. The average molecular weight is 280 g/mol. The first-order chi connectivity index (χ1) is 9.00. The van der Waals surface area contributed by atoms with Crippen molar-refractivity contribution in [3.8, 4) is 0 Å². The number of amides is 1. The third kappa shape index (κ3) is 2.76. The van der Waals surface area contributed by atoms with E-state index in [4.69, 9.17) is 16.0 Å². The third-order valence-corrected chi connectivity index (χ3v) is 2.91. The Morgan fingerprint density at radius 2 is 2.11 bits per heavy atom. The van der Waals surface area contributed by atoms with Crippen molar-refractivity contribution >= 4 is 23.3 Å². The highest BCUT2D eigenvalue weighted by molar-refractivity contribution is 6.30. The Morgan fingerprint density at radius 3 is 2.68 bits per heavy atom. The fourth-order valence-corrected chi connectivity index (χ4v) is 1.77. The molecule has 2 aromatic rings. The van der Waals surface area contributed by atoms with Crippen LogP contribution in [0.1, 0.15) is 36.0 Å². The van der Waals surface area contributed by atoms with E-state index in [-0.39, 0.29) is 11.8 Å². The van der Waals surface area contributed by atoms with Crippen LogP contribution in [0.25, 0.3) is 0 Å². The van der Waals surface area contributed by atoms with Crippen molar-refractivity contribution < 1.29 is 9.21 Å². The topological polar surface area (TPSA) is 59.2 Å². The molecule has 0 unspecified atom stereocenters. The molecule has 0 aliphatic rings. The molecular weight excluding hydrogens is 266 g/mol. The smallest absolute Gasteiger partial charge is 0.281 e. The van der Waals surface area contributed by atoms with Crippen molar-refractivity contribution in [1.82, 2.24) is 9.97 Å². The molecule has 0 saturated carbocycles. The molecule has 0 aliphatic carbocycles. The molecule has 0 spiro atoms. The van der Waals surface area contributed by atoms with E-state index in [9.17, 15) is 4.79 Å². The molecule has 6 heteroatoms. The first kappa shape index (κ1) is 13.5. The van der Waals surface area contributed by atoms with Gasteiger partial charge in [0.15, 0.2) is 12.1 Å². The molecule has 19 heavy (non-hydrogen) atoms. The van der Waals surface area contributed by atoms with E-state index in [0.717, 1.165) is 0 Å². The molecule has 0 N–H and O–H groups in total. The van der Waals surface area contributed by atoms with E-state index in [1.54, 1.807) is 19.2 Å². The van der Waals surface area contributed by atoms with Gasteiger partial charge in [0.2, 0.25) is 0 Å². The van der Waals surface area contributed by atoms with Gasteiger partial charge in [0.05, 0.1) is 5.02 Å². The Labute approximate surface area is 116 Å². The molecule has 0 aliphatic heterocycles. The second kappa shape index (κ2) is 5.40. The summed E-state index contributed by atoms with van der Waals surface area (Å²) in [5.41, 5.74) is 0.314. The summed E-state index contributed by atoms with van der Waals surface area (Å²) in [7, 11) is 1.64. The predicted octanol–water partition coefficient (Wildman–Crippen LogP) is 3.12. The van der Waals surface area contributed by atoms with Crippen LogP contribution >= 0.6 is 11.6 Å². The zero-order valence-corrected chi connectivity index (χ0v) is 11.7. The highest BCUT2D eigenvalue weighted by Gasteiger charge is 2.23. The summed E-state index contributed by atoms with van der Waals surface area (Å²) in [6, 6.07) is 3.36. The number of carbonyl (C=O) groups is 1. The fourth-order valence-electron chi connectivity index (χ4n) is 1.65. The van der Waals surface area contributed by atoms with Crippen molar-refractivity contribution in [2.75, 3.05) is 11.9 Å². The Bertz CT molecular complexity index is 578. The van der Waals surface area contributed by atoms with Crippen LogP contribution in [-0.2, 0) is 0 Å². The molecule has 5 nitrogen and oxygen atoms in total. The lowest BCUT2D eigenvalue weighted by atomic mass is 10.1. The van der Waals surface area contributed by atoms with Crippen LogP contribution in [0.4, 0.5) is 5.82 Å². The lowest BCUT2D eigenvalue weighted by molar-refractivity contribution is 0.0985. The monoisotopic (exact) mass is 279 g/mol. The Morgan fingerprint density at radius 1 is 1.37 bits per heavy atom. The van der Waals surface area contributed by atoms with Gasteiger partial charge in [0, 0.05) is 19.2 Å². The van der Waals surface area contributed by atoms with Gasteiger partial charge in [-0.3, -0.25) is 9.69 Å². The van der Waals surface area contributed by atoms with Crippen LogP contribution in [0, 0.1) is 0 Å². The lowest BCUT2D eigenvalue weighted by Crippen LogP contribution is -2.28. The number of nitrogens with zero attached hydrogens (tertiary/aromatic N) is 3. The summed E-state index contributed by atoms with van der Waals surface area (Å²) in [6.45, 7) is 3.88. The quantitative estimate of drug-likeness (QED) is 0.866. The van der Waals surface area contributed by atoms with Crippen LogP contribution in [-0.4, -0.2) is 22.9 Å². The predicted molar refractivity (Wildman–Crippen MR) is 72.6 cm³/mol. The second-order valence-electron chi connectivity index (χ2n) is 4.42. The van der Waals surface area contributed by atoms with Gasteiger partial charge in [-0.05, 0) is 12.1 Å². The van der Waals surface area contributed by atoms with E-state index >= 15 is 0 Å². The normalized spacial score (nSPS) is 10.8. The number of hydrogen-bond donors (Lipinski definition) is 0. The fraction of sp³-hybridized carbons (Fsp3) is 0.308. The number of aromatic nitrogens is 2. The molecule has 2 heterocycles. The minimum atomic E-state index is -0.257. The van der Waals surface area contributed by atoms with Crippen LogP contribution in [0.5, 0.6) is 0 Å². The van der Waals surface area contributed by atoms with Crippen molar-refractivity contribution in [2.45, 2.75) is 19.8 Å². The van der Waals surface area contributed by atoms with E-state index in [1.165, 1.54) is 17.5 Å². The van der Waals surface area contributed by atoms with E-state index in [1.807, 2.05) is 13.8 Å².